The van der Waals surface area contributed by atoms with Gasteiger partial charge in [-0.2, -0.15) is 0 Å². The third-order valence-corrected chi connectivity index (χ3v) is 2.98. The molecule has 0 spiro atoms. The quantitative estimate of drug-likeness (QED) is 0.616. The van der Waals surface area contributed by atoms with Crippen LogP contribution in [0.25, 0.3) is 0 Å². The van der Waals surface area contributed by atoms with Crippen LogP contribution in [-0.4, -0.2) is 42.8 Å². The van der Waals surface area contributed by atoms with Crippen molar-refractivity contribution in [3.63, 3.8) is 0 Å². The van der Waals surface area contributed by atoms with Crippen molar-refractivity contribution in [1.82, 2.24) is 4.90 Å². The number of carbonyl (C=O) groups is 2. The summed E-state index contributed by atoms with van der Waals surface area (Å²) in [7, 11) is 4.97. The van der Waals surface area contributed by atoms with Gasteiger partial charge in [-0.1, -0.05) is 13.8 Å². The number of Topliss-reactive ketones (excluding diaryl/α,β-unsaturated/α-hetero) is 1. The molecule has 3 nitrogen and oxygen atoms in total. The van der Waals surface area contributed by atoms with E-state index in [0.29, 0.717) is 0 Å². The van der Waals surface area contributed by atoms with Crippen LogP contribution in [0.5, 0.6) is 0 Å². The molecular formula is C9H12BF2NO2. The number of ketones is 1. The van der Waals surface area contributed by atoms with Crippen molar-refractivity contribution in [2.24, 2.45) is 5.41 Å². The Morgan fingerprint density at radius 1 is 1.40 bits per heavy atom. The van der Waals surface area contributed by atoms with Gasteiger partial charge in [0.2, 0.25) is 7.85 Å². The van der Waals surface area contributed by atoms with Crippen LogP contribution in [-0.2, 0) is 4.79 Å². The van der Waals surface area contributed by atoms with Crippen molar-refractivity contribution >= 4 is 19.4 Å². The zero-order valence-corrected chi connectivity index (χ0v) is 8.88. The molecule has 15 heavy (non-hydrogen) atoms. The zero-order chi connectivity index (χ0) is 12.0. The Labute approximate surface area is 88.2 Å². The fourth-order valence-electron chi connectivity index (χ4n) is 2.03. The van der Waals surface area contributed by atoms with Gasteiger partial charge in [-0.3, -0.25) is 9.59 Å². The SMILES string of the molecule is [B]C(=O)N1CC(F)(F)C(C)(C)[C@H]1C(C)=O. The Kier molecular flexibility index (Phi) is 2.66. The van der Waals surface area contributed by atoms with Gasteiger partial charge < -0.3 is 4.90 Å². The summed E-state index contributed by atoms with van der Waals surface area (Å²) in [5.74, 6) is -4.56. The fourth-order valence-corrected chi connectivity index (χ4v) is 2.03. The number of halogens is 2. The van der Waals surface area contributed by atoms with Crippen LogP contribution in [0, 0.1) is 5.41 Å². The predicted octanol–water partition coefficient (Wildman–Crippen LogP) is 1.21. The van der Waals surface area contributed by atoms with Gasteiger partial charge in [-0.25, -0.2) is 8.78 Å². The molecule has 1 atom stereocenters. The number of alkyl halides is 2. The molecular weight excluding hydrogens is 203 g/mol. The van der Waals surface area contributed by atoms with E-state index in [9.17, 15) is 18.4 Å². The van der Waals surface area contributed by atoms with Gasteiger partial charge in [-0.15, -0.1) is 0 Å². The lowest BCUT2D eigenvalue weighted by Crippen LogP contribution is -2.46. The maximum absolute atomic E-state index is 13.5. The zero-order valence-electron chi connectivity index (χ0n) is 8.88. The summed E-state index contributed by atoms with van der Waals surface area (Å²) in [5.41, 5.74) is -1.58. The molecule has 2 radical (unpaired) electrons. The molecule has 82 valence electrons. The molecule has 0 N–H and O–H groups in total. The lowest BCUT2D eigenvalue weighted by Gasteiger charge is -2.31. The summed E-state index contributed by atoms with van der Waals surface area (Å²) in [5, 5.41) is 0. The largest absolute Gasteiger partial charge is 0.336 e. The molecule has 0 aliphatic carbocycles. The molecule has 1 aliphatic rings. The van der Waals surface area contributed by atoms with E-state index in [1.807, 2.05) is 0 Å². The number of hydrogen-bond donors (Lipinski definition) is 0. The van der Waals surface area contributed by atoms with Crippen molar-refractivity contribution in [1.29, 1.82) is 0 Å². The molecule has 1 heterocycles. The number of likely N-dealkylation sites (tertiary alicyclic amines) is 1. The normalized spacial score (nSPS) is 27.8. The monoisotopic (exact) mass is 215 g/mol. The maximum atomic E-state index is 13.5. The van der Waals surface area contributed by atoms with Crippen LogP contribution >= 0.6 is 0 Å². The third kappa shape index (κ3) is 1.66. The molecule has 0 bridgehead atoms. The minimum atomic E-state index is -3.10. The minimum Gasteiger partial charge on any atom is -0.336 e. The summed E-state index contributed by atoms with van der Waals surface area (Å²) in [6.07, 6.45) is 0. The van der Waals surface area contributed by atoms with Gasteiger partial charge in [0, 0.05) is 0 Å². The summed E-state index contributed by atoms with van der Waals surface area (Å²) >= 11 is 0. The second-order valence-electron chi connectivity index (χ2n) is 4.41. The molecule has 0 aromatic heterocycles. The first-order valence-corrected chi connectivity index (χ1v) is 4.55. The molecule has 1 saturated heterocycles. The molecule has 0 aromatic carbocycles. The summed E-state index contributed by atoms with van der Waals surface area (Å²) < 4.78 is 27.1. The van der Waals surface area contributed by atoms with E-state index in [4.69, 9.17) is 7.85 Å². The van der Waals surface area contributed by atoms with Crippen LogP contribution in [0.2, 0.25) is 0 Å². The standard InChI is InChI=1S/C9H12BF2NO2/c1-5(14)6-8(2,3)9(11,12)4-13(6)7(10)15/h6H,4H2,1-3H3/t6-/m1/s1. The third-order valence-electron chi connectivity index (χ3n) is 2.98. The summed E-state index contributed by atoms with van der Waals surface area (Å²) in [6, 6.07) is -1.15. The van der Waals surface area contributed by atoms with Crippen LogP contribution in [0.1, 0.15) is 20.8 Å². The highest BCUT2D eigenvalue weighted by Gasteiger charge is 2.62. The molecule has 0 aromatic rings. The number of nitrogens with zero attached hydrogens (tertiary/aromatic N) is 1. The van der Waals surface area contributed by atoms with E-state index in [0.717, 1.165) is 4.90 Å². The number of rotatable bonds is 1. The van der Waals surface area contributed by atoms with E-state index in [-0.39, 0.29) is 0 Å². The van der Waals surface area contributed by atoms with E-state index in [1.54, 1.807) is 0 Å². The smallest absolute Gasteiger partial charge is 0.272 e. The first kappa shape index (κ1) is 12.1. The Balaban J connectivity index is 3.18. The Hall–Kier alpha value is -0.935. The highest BCUT2D eigenvalue weighted by molar-refractivity contribution is 6.57. The van der Waals surface area contributed by atoms with Crippen LogP contribution in [0.4, 0.5) is 13.6 Å². The van der Waals surface area contributed by atoms with Crippen LogP contribution in [0.3, 0.4) is 0 Å². The van der Waals surface area contributed by atoms with E-state index in [1.165, 1.54) is 20.8 Å². The molecule has 6 heteroatoms. The minimum absolute atomic E-state index is 0.476. The Bertz CT molecular complexity index is 317. The second-order valence-corrected chi connectivity index (χ2v) is 4.41. The number of amides is 1. The summed E-state index contributed by atoms with van der Waals surface area (Å²) in [4.78, 5) is 23.0. The molecule has 1 amide bonds. The topological polar surface area (TPSA) is 37.4 Å². The number of hydrogen-bond acceptors (Lipinski definition) is 2. The van der Waals surface area contributed by atoms with E-state index >= 15 is 0 Å². The first-order chi connectivity index (χ1) is 6.61. The van der Waals surface area contributed by atoms with Crippen molar-refractivity contribution in [3.05, 3.63) is 0 Å². The van der Waals surface area contributed by atoms with Crippen molar-refractivity contribution in [2.75, 3.05) is 6.54 Å². The van der Waals surface area contributed by atoms with Gasteiger partial charge in [0.1, 0.15) is 6.04 Å². The van der Waals surface area contributed by atoms with Crippen molar-refractivity contribution in [3.8, 4) is 0 Å². The lowest BCUT2D eigenvalue weighted by molar-refractivity contribution is -0.127. The van der Waals surface area contributed by atoms with Crippen LogP contribution in [0.15, 0.2) is 0 Å². The van der Waals surface area contributed by atoms with Gasteiger partial charge in [0.05, 0.1) is 12.0 Å². The van der Waals surface area contributed by atoms with Gasteiger partial charge in [0.15, 0.2) is 11.6 Å². The number of carbonyl (C=O) groups excluding carboxylic acids is 2. The lowest BCUT2D eigenvalue weighted by atomic mass is 9.80. The van der Waals surface area contributed by atoms with Gasteiger partial charge >= 0.3 is 0 Å². The van der Waals surface area contributed by atoms with Crippen LogP contribution < -0.4 is 0 Å². The average Bonchev–Trinajstić information content (AvgIpc) is 2.18. The van der Waals surface area contributed by atoms with E-state index < -0.39 is 35.5 Å². The van der Waals surface area contributed by atoms with Crippen molar-refractivity contribution < 1.29 is 18.4 Å². The Morgan fingerprint density at radius 2 is 1.87 bits per heavy atom. The highest BCUT2D eigenvalue weighted by Crippen LogP contribution is 2.47. The molecule has 1 aliphatic heterocycles. The summed E-state index contributed by atoms with van der Waals surface area (Å²) in [6.45, 7) is 2.92. The Morgan fingerprint density at radius 3 is 2.13 bits per heavy atom. The molecule has 1 rings (SSSR count). The fraction of sp³-hybridized carbons (Fsp3) is 0.778. The highest BCUT2D eigenvalue weighted by atomic mass is 19.3. The second kappa shape index (κ2) is 3.28. The van der Waals surface area contributed by atoms with Gasteiger partial charge in [0.25, 0.3) is 5.92 Å². The van der Waals surface area contributed by atoms with E-state index in [2.05, 4.69) is 0 Å². The first-order valence-electron chi connectivity index (χ1n) is 4.55. The maximum Gasteiger partial charge on any atom is 0.272 e. The average molecular weight is 215 g/mol. The van der Waals surface area contributed by atoms with Crippen molar-refractivity contribution in [2.45, 2.75) is 32.7 Å². The predicted molar refractivity (Wildman–Crippen MR) is 51.1 cm³/mol. The molecule has 1 fully saturated rings. The molecule has 0 unspecified atom stereocenters. The van der Waals surface area contributed by atoms with Gasteiger partial charge in [-0.05, 0) is 6.92 Å². The molecule has 0 saturated carbocycles.